The maximum Gasteiger partial charge on any atom is 0.339 e. The van der Waals surface area contributed by atoms with Crippen LogP contribution in [0.2, 0.25) is 0 Å². The van der Waals surface area contributed by atoms with E-state index >= 15 is 0 Å². The third-order valence-corrected chi connectivity index (χ3v) is 12.3. The Labute approximate surface area is 387 Å². The Balaban J connectivity index is 0.000000153. The molecule has 0 unspecified atom stereocenters. The Kier molecular flexibility index (Phi) is 14.4. The Morgan fingerprint density at radius 1 is 0.420 bits per heavy atom. The van der Waals surface area contributed by atoms with Crippen molar-refractivity contribution >= 4 is 17.9 Å². The minimum absolute atomic E-state index is 0.0368. The van der Waals surface area contributed by atoms with Crippen molar-refractivity contribution in [1.29, 1.82) is 0 Å². The zero-order valence-electron chi connectivity index (χ0n) is 36.1. The number of esters is 3. The summed E-state index contributed by atoms with van der Waals surface area (Å²) < 4.78 is 46.3. The van der Waals surface area contributed by atoms with Crippen LogP contribution in [0.3, 0.4) is 0 Å². The van der Waals surface area contributed by atoms with Crippen molar-refractivity contribution in [3.63, 3.8) is 0 Å². The molecule has 0 radical (unpaired) electrons. The number of aromatic hydroxyl groups is 6. The van der Waals surface area contributed by atoms with Crippen molar-refractivity contribution < 1.29 is 134 Å². The summed E-state index contributed by atoms with van der Waals surface area (Å²) in [5, 5.41) is 148. The third-order valence-electron chi connectivity index (χ3n) is 12.3. The van der Waals surface area contributed by atoms with Gasteiger partial charge in [-0.05, 0) is 18.2 Å². The van der Waals surface area contributed by atoms with Crippen LogP contribution in [0.4, 0.5) is 0 Å². The summed E-state index contributed by atoms with van der Waals surface area (Å²) in [5.41, 5.74) is -0.562. The molecule has 69 heavy (non-hydrogen) atoms. The van der Waals surface area contributed by atoms with E-state index in [1.54, 1.807) is 0 Å². The highest BCUT2D eigenvalue weighted by Crippen LogP contribution is 2.53. The summed E-state index contributed by atoms with van der Waals surface area (Å²) >= 11 is 0. The van der Waals surface area contributed by atoms with Crippen LogP contribution in [0.15, 0.2) is 18.2 Å². The fourth-order valence-corrected chi connectivity index (χ4v) is 8.85. The van der Waals surface area contributed by atoms with Crippen LogP contribution in [0, 0.1) is 0 Å². The van der Waals surface area contributed by atoms with Gasteiger partial charge in [-0.2, -0.15) is 0 Å². The Bertz CT molecular complexity index is 2200. The number of phenols is 6. The maximum absolute atomic E-state index is 12.1. The first-order valence-corrected chi connectivity index (χ1v) is 20.6. The van der Waals surface area contributed by atoms with Gasteiger partial charge in [0.2, 0.25) is 17.2 Å². The minimum Gasteiger partial charge on any atom is -0.504 e. The van der Waals surface area contributed by atoms with Gasteiger partial charge in [0.25, 0.3) is 0 Å². The molecule has 0 amide bonds. The highest BCUT2D eigenvalue weighted by atomic mass is 16.6. The summed E-state index contributed by atoms with van der Waals surface area (Å²) in [6, 6.07) is 3.17. The van der Waals surface area contributed by atoms with E-state index in [0.717, 1.165) is 18.2 Å². The fourth-order valence-electron chi connectivity index (χ4n) is 8.85. The Hall–Kier alpha value is -6.21. The number of hydrogen-bond donors (Lipinski definition) is 15. The molecule has 3 aromatic carbocycles. The van der Waals surface area contributed by atoms with Gasteiger partial charge in [0.05, 0.1) is 57.8 Å². The lowest BCUT2D eigenvalue weighted by molar-refractivity contribution is -0.235. The molecule has 15 N–H and O–H groups in total. The molecule has 9 rings (SSSR count). The summed E-state index contributed by atoms with van der Waals surface area (Å²) in [6.07, 6.45) is -19.5. The first kappa shape index (κ1) is 50.7. The number of fused-ring (bicyclic) bond motifs is 9. The number of aliphatic hydroxyl groups is 9. The summed E-state index contributed by atoms with van der Waals surface area (Å²) in [7, 11) is 3.66. The van der Waals surface area contributed by atoms with Crippen molar-refractivity contribution in [2.24, 2.45) is 0 Å². The number of carbonyl (C=O) groups is 3. The van der Waals surface area contributed by atoms with Crippen LogP contribution in [0.5, 0.6) is 51.7 Å². The van der Waals surface area contributed by atoms with E-state index in [1.807, 2.05) is 0 Å². The van der Waals surface area contributed by atoms with Crippen molar-refractivity contribution in [2.75, 3.05) is 41.2 Å². The highest BCUT2D eigenvalue weighted by Gasteiger charge is 2.55. The van der Waals surface area contributed by atoms with Crippen molar-refractivity contribution in [1.82, 2.24) is 0 Å². The van der Waals surface area contributed by atoms with E-state index in [4.69, 9.17) is 42.6 Å². The number of benzene rings is 3. The number of aliphatic hydroxyl groups excluding tert-OH is 9. The first-order valence-electron chi connectivity index (χ1n) is 20.6. The van der Waals surface area contributed by atoms with E-state index in [0.29, 0.717) is 0 Å². The number of methoxy groups -OCH3 is 3. The molecule has 0 aliphatic carbocycles. The zero-order chi connectivity index (χ0) is 50.7. The van der Waals surface area contributed by atoms with Crippen LogP contribution in [0.25, 0.3) is 0 Å². The molecular weight excluding hydrogens is 936 g/mol. The minimum atomic E-state index is -1.51. The highest BCUT2D eigenvalue weighted by molar-refractivity contribution is 5.96. The molecule has 27 heteroatoms. The van der Waals surface area contributed by atoms with Gasteiger partial charge in [0.1, 0.15) is 73.2 Å². The van der Waals surface area contributed by atoms with Crippen molar-refractivity contribution in [2.45, 2.75) is 91.6 Å². The predicted molar refractivity (Wildman–Crippen MR) is 217 cm³/mol. The lowest BCUT2D eigenvalue weighted by Crippen LogP contribution is -2.58. The van der Waals surface area contributed by atoms with Gasteiger partial charge in [0, 0.05) is 16.7 Å². The second-order valence-corrected chi connectivity index (χ2v) is 16.1. The fraction of sp³-hybridized carbons (Fsp3) is 0.500. The van der Waals surface area contributed by atoms with E-state index in [-0.39, 0.29) is 50.6 Å². The van der Waals surface area contributed by atoms with E-state index in [1.165, 1.54) is 21.3 Å². The molecule has 3 aromatic rings. The molecule has 0 aromatic heterocycles. The maximum atomic E-state index is 12.1. The topological polar surface area (TPSA) is 438 Å². The van der Waals surface area contributed by atoms with Crippen LogP contribution < -0.4 is 14.2 Å². The van der Waals surface area contributed by atoms with Crippen LogP contribution in [-0.4, -0.2) is 209 Å². The molecule has 0 saturated carbocycles. The molecule has 15 atom stereocenters. The molecule has 0 bridgehead atoms. The zero-order valence-corrected chi connectivity index (χ0v) is 36.1. The Morgan fingerprint density at radius 2 is 0.652 bits per heavy atom. The summed E-state index contributed by atoms with van der Waals surface area (Å²) in [4.78, 5) is 36.2. The molecule has 0 spiro atoms. The lowest BCUT2D eigenvalue weighted by Gasteiger charge is -2.44. The van der Waals surface area contributed by atoms with Gasteiger partial charge in [-0.3, -0.25) is 0 Å². The molecule has 3 saturated heterocycles. The third kappa shape index (κ3) is 8.44. The summed E-state index contributed by atoms with van der Waals surface area (Å²) in [5.74, 6) is -6.47. The molecular formula is C42H48O27. The van der Waals surface area contributed by atoms with E-state index in [9.17, 15) is 91.0 Å². The second kappa shape index (κ2) is 19.7. The number of phenolic OH excluding ortho intramolecular Hbond substituents is 6. The number of carbonyl (C=O) groups excluding carboxylic acids is 3. The molecule has 6 aliphatic heterocycles. The van der Waals surface area contributed by atoms with Gasteiger partial charge >= 0.3 is 17.9 Å². The Morgan fingerprint density at radius 3 is 0.855 bits per heavy atom. The van der Waals surface area contributed by atoms with Gasteiger partial charge < -0.3 is 119 Å². The van der Waals surface area contributed by atoms with Crippen molar-refractivity contribution in [3.05, 3.63) is 51.6 Å². The van der Waals surface area contributed by atoms with Gasteiger partial charge in [-0.25, -0.2) is 14.4 Å². The number of rotatable bonds is 6. The molecule has 3 fully saturated rings. The normalized spacial score (nSPS) is 32.7. The van der Waals surface area contributed by atoms with Crippen LogP contribution >= 0.6 is 0 Å². The molecule has 378 valence electrons. The van der Waals surface area contributed by atoms with E-state index in [2.05, 4.69) is 0 Å². The largest absolute Gasteiger partial charge is 0.504 e. The van der Waals surface area contributed by atoms with Gasteiger partial charge in [-0.1, -0.05) is 0 Å². The monoisotopic (exact) mass is 984 g/mol. The molecule has 27 nitrogen and oxygen atoms in total. The molecule has 6 heterocycles. The first-order chi connectivity index (χ1) is 32.7. The lowest BCUT2D eigenvalue weighted by atomic mass is 9.86. The average molecular weight is 985 g/mol. The number of hydrogen-bond acceptors (Lipinski definition) is 27. The SMILES string of the molecule is COc1c(O)cc2c(c1O)[C@@H]1O[C@H](CO)[C@@H](O)[C@H](O)[C@H]1OC2=O.COc1c(O)cc2c(c1O)[C@@H]1O[C@H](CO)[C@@H](O)[C@H](O)[C@H]1OC2=O.COc1c(O)cc2c(c1O)[C@@H]1O[C@H](CO)[C@@H](O)[C@H](O)[C@H]1OC2=O. The predicted octanol–water partition coefficient (Wildman–Crippen LogP) is -3.60. The smallest absolute Gasteiger partial charge is 0.339 e. The van der Waals surface area contributed by atoms with Gasteiger partial charge in [-0.15, -0.1) is 0 Å². The van der Waals surface area contributed by atoms with E-state index < -0.39 is 164 Å². The quantitative estimate of drug-likeness (QED) is 0.0838. The van der Waals surface area contributed by atoms with Crippen LogP contribution in [0.1, 0.15) is 66.1 Å². The van der Waals surface area contributed by atoms with Gasteiger partial charge in [0.15, 0.2) is 52.8 Å². The van der Waals surface area contributed by atoms with Crippen LogP contribution in [-0.2, 0) is 28.4 Å². The van der Waals surface area contributed by atoms with Crippen molar-refractivity contribution in [3.8, 4) is 51.7 Å². The second-order valence-electron chi connectivity index (χ2n) is 16.1. The summed E-state index contributed by atoms with van der Waals surface area (Å²) in [6.45, 7) is -1.75. The molecule has 6 aliphatic rings. The average Bonchev–Trinajstić information content (AvgIpc) is 3.31. The standard InChI is InChI=1S/3C14H16O9/c3*1-21-11-5(16)2-4-7(9(11)18)12-13(23-14(4)20)10(19)8(17)6(3-15)22-12/h3*2,6,8,10,12-13,15-19H,3H2,1H3/t3*6-,8-,10+,12+,13-/m111/s1. The number of ether oxygens (including phenoxy) is 9.